The van der Waals surface area contributed by atoms with Crippen LogP contribution in [0.25, 0.3) is 11.1 Å². The Balaban J connectivity index is 1.60. The Labute approximate surface area is 193 Å². The van der Waals surface area contributed by atoms with Gasteiger partial charge in [0.05, 0.1) is 11.3 Å². The molecule has 1 aliphatic heterocycles. The molecule has 1 amide bonds. The van der Waals surface area contributed by atoms with Crippen LogP contribution in [-0.4, -0.2) is 35.3 Å². The van der Waals surface area contributed by atoms with Crippen molar-refractivity contribution in [3.05, 3.63) is 65.9 Å². The van der Waals surface area contributed by atoms with Gasteiger partial charge in [-0.25, -0.2) is 9.37 Å². The van der Waals surface area contributed by atoms with E-state index in [0.717, 1.165) is 25.2 Å². The van der Waals surface area contributed by atoms with E-state index in [1.807, 2.05) is 4.90 Å². The molecule has 10 heteroatoms. The lowest BCUT2D eigenvalue weighted by Crippen LogP contribution is -2.53. The standard InChI is InChI=1S/C24H22F4N4O2/c1-14-20(25)9-15(10-29-14)19-8-16(11-30-21(19)32-12-23(2,3)13-32)22(33)31-17-4-6-18(7-5-17)34-24(26,27)28/h4-11H,12-13H2,1-3H3,(H,31,33). The summed E-state index contributed by atoms with van der Waals surface area (Å²) in [7, 11) is 0. The Morgan fingerprint density at radius 3 is 2.35 bits per heavy atom. The Bertz CT molecular complexity index is 1220. The van der Waals surface area contributed by atoms with E-state index in [4.69, 9.17) is 0 Å². The number of nitrogens with zero attached hydrogens (tertiary/aromatic N) is 3. The van der Waals surface area contributed by atoms with Gasteiger partial charge in [-0.15, -0.1) is 13.2 Å². The van der Waals surface area contributed by atoms with E-state index in [0.29, 0.717) is 16.9 Å². The molecule has 1 fully saturated rings. The molecule has 2 aromatic heterocycles. The van der Waals surface area contributed by atoms with Crippen LogP contribution in [0.4, 0.5) is 29.1 Å². The normalized spacial score (nSPS) is 15.0. The van der Waals surface area contributed by atoms with Crippen molar-refractivity contribution in [2.45, 2.75) is 27.1 Å². The lowest BCUT2D eigenvalue weighted by molar-refractivity contribution is -0.274. The van der Waals surface area contributed by atoms with E-state index < -0.39 is 23.8 Å². The van der Waals surface area contributed by atoms with E-state index in [2.05, 4.69) is 33.9 Å². The summed E-state index contributed by atoms with van der Waals surface area (Å²) >= 11 is 0. The summed E-state index contributed by atoms with van der Waals surface area (Å²) in [4.78, 5) is 23.5. The SMILES string of the molecule is Cc1ncc(-c2cc(C(=O)Nc3ccc(OC(F)(F)F)cc3)cnc2N2CC(C)(C)C2)cc1F. The number of aryl methyl sites for hydroxylation is 1. The molecule has 0 unspecified atom stereocenters. The van der Waals surface area contributed by atoms with Crippen LogP contribution < -0.4 is 15.0 Å². The third-order valence-electron chi connectivity index (χ3n) is 5.35. The van der Waals surface area contributed by atoms with Gasteiger partial charge in [0.15, 0.2) is 0 Å². The molecule has 1 N–H and O–H groups in total. The van der Waals surface area contributed by atoms with Gasteiger partial charge in [0.1, 0.15) is 17.4 Å². The zero-order valence-electron chi connectivity index (χ0n) is 18.7. The number of pyridine rings is 2. The smallest absolute Gasteiger partial charge is 0.406 e. The second-order valence-electron chi connectivity index (χ2n) is 8.93. The number of aromatic nitrogens is 2. The minimum atomic E-state index is -4.80. The van der Waals surface area contributed by atoms with Crippen LogP contribution in [0.15, 0.2) is 48.8 Å². The van der Waals surface area contributed by atoms with E-state index in [1.54, 1.807) is 13.0 Å². The van der Waals surface area contributed by atoms with Crippen LogP contribution in [0.1, 0.15) is 29.9 Å². The molecule has 0 spiro atoms. The zero-order chi connectivity index (χ0) is 24.7. The van der Waals surface area contributed by atoms with E-state index >= 15 is 0 Å². The number of carbonyl (C=O) groups is 1. The fourth-order valence-electron chi connectivity index (χ4n) is 3.78. The van der Waals surface area contributed by atoms with E-state index in [1.165, 1.54) is 30.6 Å². The van der Waals surface area contributed by atoms with Gasteiger partial charge in [-0.1, -0.05) is 13.8 Å². The summed E-state index contributed by atoms with van der Waals surface area (Å²) in [6.07, 6.45) is -1.85. The molecule has 1 aliphatic rings. The number of hydrogen-bond acceptors (Lipinski definition) is 5. The van der Waals surface area contributed by atoms with Crippen molar-refractivity contribution < 1.29 is 27.1 Å². The minimum Gasteiger partial charge on any atom is -0.406 e. The Morgan fingerprint density at radius 1 is 1.09 bits per heavy atom. The molecule has 3 aromatic rings. The van der Waals surface area contributed by atoms with Crippen LogP contribution in [0, 0.1) is 18.2 Å². The molecule has 3 heterocycles. The molecule has 6 nitrogen and oxygen atoms in total. The summed E-state index contributed by atoms with van der Waals surface area (Å²) in [6.45, 7) is 7.33. The molecule has 0 radical (unpaired) electrons. The third kappa shape index (κ3) is 5.27. The first-order valence-corrected chi connectivity index (χ1v) is 10.4. The van der Waals surface area contributed by atoms with Crippen molar-refractivity contribution in [3.63, 3.8) is 0 Å². The number of hydrogen-bond donors (Lipinski definition) is 1. The number of alkyl halides is 3. The van der Waals surface area contributed by atoms with Crippen molar-refractivity contribution in [2.75, 3.05) is 23.3 Å². The predicted octanol–water partition coefficient (Wildman–Crippen LogP) is 5.59. The predicted molar refractivity (Wildman–Crippen MR) is 119 cm³/mol. The average Bonchev–Trinajstić information content (AvgIpc) is 2.74. The number of nitrogens with one attached hydrogen (secondary N) is 1. The monoisotopic (exact) mass is 474 g/mol. The number of anilines is 2. The van der Waals surface area contributed by atoms with Crippen LogP contribution in [0.2, 0.25) is 0 Å². The van der Waals surface area contributed by atoms with Gasteiger partial charge in [-0.05, 0) is 48.7 Å². The highest BCUT2D eigenvalue weighted by molar-refractivity contribution is 6.05. The molecule has 0 atom stereocenters. The van der Waals surface area contributed by atoms with Gasteiger partial charge < -0.3 is 15.0 Å². The zero-order valence-corrected chi connectivity index (χ0v) is 18.7. The van der Waals surface area contributed by atoms with Gasteiger partial charge in [-0.3, -0.25) is 9.78 Å². The van der Waals surface area contributed by atoms with Gasteiger partial charge in [0.25, 0.3) is 5.91 Å². The number of amides is 1. The summed E-state index contributed by atoms with van der Waals surface area (Å²) in [5.74, 6) is -0.766. The van der Waals surface area contributed by atoms with Crippen molar-refractivity contribution in [1.29, 1.82) is 0 Å². The van der Waals surface area contributed by atoms with E-state index in [9.17, 15) is 22.4 Å². The first kappa shape index (κ1) is 23.5. The molecule has 0 saturated carbocycles. The summed E-state index contributed by atoms with van der Waals surface area (Å²) < 4.78 is 55.1. The first-order chi connectivity index (χ1) is 15.9. The molecule has 178 valence electrons. The van der Waals surface area contributed by atoms with Gasteiger partial charge in [-0.2, -0.15) is 0 Å². The molecular formula is C24H22F4N4O2. The highest BCUT2D eigenvalue weighted by Crippen LogP contribution is 2.38. The van der Waals surface area contributed by atoms with Crippen molar-refractivity contribution >= 4 is 17.4 Å². The minimum absolute atomic E-state index is 0.119. The van der Waals surface area contributed by atoms with E-state index in [-0.39, 0.29) is 22.4 Å². The fourth-order valence-corrected chi connectivity index (χ4v) is 3.78. The van der Waals surface area contributed by atoms with Gasteiger partial charge >= 0.3 is 6.36 Å². The number of halogens is 4. The highest BCUT2D eigenvalue weighted by Gasteiger charge is 2.36. The molecule has 1 aromatic carbocycles. The molecule has 1 saturated heterocycles. The quantitative estimate of drug-likeness (QED) is 0.489. The Morgan fingerprint density at radius 2 is 1.76 bits per heavy atom. The summed E-state index contributed by atoms with van der Waals surface area (Å²) in [5, 5.41) is 2.62. The lowest BCUT2D eigenvalue weighted by Gasteiger charge is -2.47. The molecule has 0 aliphatic carbocycles. The Kier molecular flexibility index (Phi) is 5.93. The van der Waals surface area contributed by atoms with Crippen LogP contribution in [0.3, 0.4) is 0 Å². The second kappa shape index (κ2) is 8.58. The highest BCUT2D eigenvalue weighted by atomic mass is 19.4. The number of rotatable bonds is 5. The average molecular weight is 474 g/mol. The van der Waals surface area contributed by atoms with Gasteiger partial charge in [0.2, 0.25) is 0 Å². The molecular weight excluding hydrogens is 452 g/mol. The second-order valence-corrected chi connectivity index (χ2v) is 8.93. The maximum Gasteiger partial charge on any atom is 0.573 e. The molecule has 34 heavy (non-hydrogen) atoms. The summed E-state index contributed by atoms with van der Waals surface area (Å²) in [5.41, 5.74) is 1.90. The maximum atomic E-state index is 14.2. The largest absolute Gasteiger partial charge is 0.573 e. The van der Waals surface area contributed by atoms with Crippen molar-refractivity contribution in [3.8, 4) is 16.9 Å². The number of ether oxygens (including phenoxy) is 1. The first-order valence-electron chi connectivity index (χ1n) is 10.4. The Hall–Kier alpha value is -3.69. The van der Waals surface area contributed by atoms with Crippen molar-refractivity contribution in [2.24, 2.45) is 5.41 Å². The van der Waals surface area contributed by atoms with Crippen LogP contribution in [-0.2, 0) is 0 Å². The molecule has 0 bridgehead atoms. The number of carbonyl (C=O) groups excluding carboxylic acids is 1. The molecule has 4 rings (SSSR count). The topological polar surface area (TPSA) is 67.3 Å². The van der Waals surface area contributed by atoms with Crippen molar-refractivity contribution in [1.82, 2.24) is 9.97 Å². The summed E-state index contributed by atoms with van der Waals surface area (Å²) in [6, 6.07) is 7.75. The third-order valence-corrected chi connectivity index (χ3v) is 5.35. The van der Waals surface area contributed by atoms with Crippen LogP contribution >= 0.6 is 0 Å². The fraction of sp³-hybridized carbons (Fsp3) is 0.292. The number of benzene rings is 1. The maximum absolute atomic E-state index is 14.2. The lowest BCUT2D eigenvalue weighted by atomic mass is 9.84. The van der Waals surface area contributed by atoms with Gasteiger partial charge in [0, 0.05) is 42.3 Å². The van der Waals surface area contributed by atoms with Crippen LogP contribution in [0.5, 0.6) is 5.75 Å².